The van der Waals surface area contributed by atoms with Gasteiger partial charge in [0.1, 0.15) is 0 Å². The average molecular weight is 507 g/mol. The molecule has 0 aliphatic heterocycles. The summed E-state index contributed by atoms with van der Waals surface area (Å²) in [4.78, 5) is 0. The van der Waals surface area contributed by atoms with Crippen LogP contribution in [0.3, 0.4) is 0 Å². The fourth-order valence-electron chi connectivity index (χ4n) is 4.71. The van der Waals surface area contributed by atoms with Crippen molar-refractivity contribution in [3.63, 3.8) is 0 Å². The molecule has 0 spiro atoms. The topological polar surface area (TPSA) is 9.23 Å². The molecule has 0 amide bonds. The van der Waals surface area contributed by atoms with Crippen LogP contribution in [0.2, 0.25) is 5.02 Å². The summed E-state index contributed by atoms with van der Waals surface area (Å²) in [5.74, 6) is 1.57. The number of benzene rings is 5. The Morgan fingerprint density at radius 1 is 0.556 bits per heavy atom. The third kappa shape index (κ3) is 5.44. The van der Waals surface area contributed by atoms with Crippen molar-refractivity contribution in [3.8, 4) is 11.5 Å². The summed E-state index contributed by atoms with van der Waals surface area (Å²) in [6, 6.07) is 48.6. The predicted molar refractivity (Wildman–Crippen MR) is 158 cm³/mol. The normalized spacial score (nSPS) is 11.9. The molecule has 5 aromatic rings. The van der Waals surface area contributed by atoms with E-state index in [1.807, 2.05) is 36.4 Å². The van der Waals surface area contributed by atoms with Crippen LogP contribution in [0.15, 0.2) is 146 Å². The summed E-state index contributed by atoms with van der Waals surface area (Å²) >= 11 is 6.01. The van der Waals surface area contributed by atoms with Crippen molar-refractivity contribution in [1.82, 2.24) is 0 Å². The van der Waals surface area contributed by atoms with Crippen LogP contribution in [0.5, 0.6) is 11.5 Å². The second-order valence-corrected chi connectivity index (χ2v) is 13.1. The van der Waals surface area contributed by atoms with E-state index in [2.05, 4.69) is 115 Å². The Labute approximate surface area is 219 Å². The maximum absolute atomic E-state index is 6.05. The molecule has 5 rings (SSSR count). The predicted octanol–water partition coefficient (Wildman–Crippen LogP) is 7.87. The van der Waals surface area contributed by atoms with Crippen LogP contribution in [0.1, 0.15) is 5.56 Å². The minimum absolute atomic E-state index is 0.696. The van der Waals surface area contributed by atoms with E-state index in [1.165, 1.54) is 15.9 Å². The zero-order valence-corrected chi connectivity index (χ0v) is 21.7. The second kappa shape index (κ2) is 11.4. The summed E-state index contributed by atoms with van der Waals surface area (Å²) in [6.07, 6.45) is 5.50. The molecule has 0 heterocycles. The first-order valence-electron chi connectivity index (χ1n) is 12.1. The first-order chi connectivity index (χ1) is 17.7. The molecule has 0 N–H and O–H groups in total. The van der Waals surface area contributed by atoms with Gasteiger partial charge >= 0.3 is 219 Å². The molecule has 1 nitrogen and oxygen atoms in total. The Morgan fingerprint density at radius 2 is 1.08 bits per heavy atom. The Balaban J connectivity index is 1.49. The minimum atomic E-state index is -2.29. The van der Waals surface area contributed by atoms with Crippen molar-refractivity contribution >= 4 is 40.9 Å². The van der Waals surface area contributed by atoms with Crippen LogP contribution in [-0.4, -0.2) is 6.16 Å². The van der Waals surface area contributed by atoms with Crippen LogP contribution in [0.4, 0.5) is 0 Å². The Hall–Kier alpha value is -3.64. The number of hydrogen-bond donors (Lipinski definition) is 0. The summed E-state index contributed by atoms with van der Waals surface area (Å²) in [7, 11) is -2.29. The molecule has 178 valence electrons. The molecular formula is C33H28ClOP. The van der Waals surface area contributed by atoms with Crippen LogP contribution in [0.25, 0.3) is 6.08 Å². The molecule has 0 atom stereocenters. The number of ether oxygens (including phenoxy) is 1. The fourth-order valence-corrected chi connectivity index (χ4v) is 9.30. The van der Waals surface area contributed by atoms with Crippen molar-refractivity contribution in [1.29, 1.82) is 0 Å². The Bertz CT molecular complexity index is 1320. The number of rotatable bonds is 8. The number of halogens is 1. The standard InChI is InChI=1S/C33H28ClOP/c34-28-21-23-29(24-22-28)35-30-14-10-12-27(26-30)13-11-25-36(31-15-4-1-5-16-31,32-17-6-2-7-18-32)33-19-8-3-9-20-33/h1-24,26,36H,25H2/b13-11+. The first-order valence-corrected chi connectivity index (χ1v) is 14.7. The van der Waals surface area contributed by atoms with Gasteiger partial charge in [-0.2, -0.15) is 0 Å². The van der Waals surface area contributed by atoms with Gasteiger partial charge in [-0.25, -0.2) is 0 Å². The molecule has 5 aromatic carbocycles. The van der Waals surface area contributed by atoms with Gasteiger partial charge in [0.25, 0.3) is 0 Å². The Morgan fingerprint density at radius 3 is 1.61 bits per heavy atom. The van der Waals surface area contributed by atoms with Gasteiger partial charge in [0.15, 0.2) is 0 Å². The molecule has 0 unspecified atom stereocenters. The van der Waals surface area contributed by atoms with Crippen molar-refractivity contribution in [2.75, 3.05) is 6.16 Å². The third-order valence-corrected chi connectivity index (χ3v) is 11.5. The van der Waals surface area contributed by atoms with E-state index >= 15 is 0 Å². The van der Waals surface area contributed by atoms with Gasteiger partial charge in [-0.3, -0.25) is 0 Å². The number of hydrogen-bond acceptors (Lipinski definition) is 1. The van der Waals surface area contributed by atoms with E-state index in [0.717, 1.165) is 23.2 Å². The molecule has 0 bridgehead atoms. The van der Waals surface area contributed by atoms with Crippen LogP contribution in [0, 0.1) is 0 Å². The van der Waals surface area contributed by atoms with Gasteiger partial charge in [0.2, 0.25) is 0 Å². The first kappa shape index (κ1) is 24.1. The maximum atomic E-state index is 6.05. The molecule has 0 fully saturated rings. The quantitative estimate of drug-likeness (QED) is 0.194. The molecular weight excluding hydrogens is 479 g/mol. The van der Waals surface area contributed by atoms with Crippen molar-refractivity contribution < 1.29 is 4.74 Å². The van der Waals surface area contributed by atoms with Gasteiger partial charge in [-0.15, -0.1) is 0 Å². The van der Waals surface area contributed by atoms with Gasteiger partial charge in [0, 0.05) is 0 Å². The molecule has 0 aliphatic rings. The second-order valence-electron chi connectivity index (χ2n) is 8.74. The van der Waals surface area contributed by atoms with Crippen LogP contribution in [-0.2, 0) is 0 Å². The van der Waals surface area contributed by atoms with E-state index in [1.54, 1.807) is 0 Å². The average Bonchev–Trinajstić information content (AvgIpc) is 2.94. The molecule has 0 saturated heterocycles. The summed E-state index contributed by atoms with van der Waals surface area (Å²) in [6.45, 7) is 0. The molecule has 3 heteroatoms. The molecule has 36 heavy (non-hydrogen) atoms. The molecule has 0 aliphatic carbocycles. The summed E-state index contributed by atoms with van der Waals surface area (Å²) < 4.78 is 6.05. The SMILES string of the molecule is Clc1ccc(Oc2cccc(/C=C/C[PH](c3ccccc3)(c3ccccc3)c3ccccc3)c2)cc1. The van der Waals surface area contributed by atoms with Gasteiger partial charge in [-0.05, 0) is 0 Å². The van der Waals surface area contributed by atoms with E-state index in [9.17, 15) is 0 Å². The van der Waals surface area contributed by atoms with Crippen molar-refractivity contribution in [3.05, 3.63) is 156 Å². The van der Waals surface area contributed by atoms with Gasteiger partial charge in [-0.1, -0.05) is 0 Å². The zero-order valence-electron chi connectivity index (χ0n) is 19.9. The summed E-state index contributed by atoms with van der Waals surface area (Å²) in [5.41, 5.74) is 1.11. The molecule has 0 radical (unpaired) electrons. The monoisotopic (exact) mass is 506 g/mol. The molecule has 0 saturated carbocycles. The van der Waals surface area contributed by atoms with Crippen LogP contribution < -0.4 is 20.7 Å². The van der Waals surface area contributed by atoms with E-state index in [-0.39, 0.29) is 0 Å². The van der Waals surface area contributed by atoms with Gasteiger partial charge < -0.3 is 0 Å². The Kier molecular flexibility index (Phi) is 7.62. The van der Waals surface area contributed by atoms with Gasteiger partial charge in [0.05, 0.1) is 0 Å². The van der Waals surface area contributed by atoms with Crippen molar-refractivity contribution in [2.45, 2.75) is 0 Å². The van der Waals surface area contributed by atoms with Crippen molar-refractivity contribution in [2.24, 2.45) is 0 Å². The summed E-state index contributed by atoms with van der Waals surface area (Å²) in [5, 5.41) is 4.92. The van der Waals surface area contributed by atoms with E-state index in [0.29, 0.717) is 5.02 Å². The third-order valence-electron chi connectivity index (χ3n) is 6.44. The van der Waals surface area contributed by atoms with E-state index < -0.39 is 7.26 Å². The zero-order chi connectivity index (χ0) is 24.6. The van der Waals surface area contributed by atoms with E-state index in [4.69, 9.17) is 16.3 Å². The van der Waals surface area contributed by atoms with Crippen LogP contribution >= 0.6 is 18.9 Å². The fraction of sp³-hybridized carbons (Fsp3) is 0.0303. The number of allylic oxidation sites excluding steroid dienone is 1. The molecule has 0 aromatic heterocycles.